The molecule has 4 nitrogen and oxygen atoms in total. The van der Waals surface area contributed by atoms with Gasteiger partial charge in [-0.2, -0.15) is 0 Å². The molecule has 0 saturated carbocycles. The van der Waals surface area contributed by atoms with E-state index in [0.29, 0.717) is 19.0 Å². The molecular weight excluding hydrogens is 262 g/mol. The van der Waals surface area contributed by atoms with Crippen LogP contribution in [0.3, 0.4) is 0 Å². The van der Waals surface area contributed by atoms with Gasteiger partial charge in [-0.05, 0) is 24.6 Å². The van der Waals surface area contributed by atoms with Crippen molar-refractivity contribution in [3.63, 3.8) is 0 Å². The summed E-state index contributed by atoms with van der Waals surface area (Å²) in [4.78, 5) is 10.5. The summed E-state index contributed by atoms with van der Waals surface area (Å²) < 4.78 is 5.78. The van der Waals surface area contributed by atoms with Gasteiger partial charge in [-0.25, -0.2) is 9.97 Å². The van der Waals surface area contributed by atoms with Crippen LogP contribution in [0.15, 0.2) is 62.0 Å². The number of rotatable bonds is 7. The lowest BCUT2D eigenvalue weighted by Crippen LogP contribution is -2.24. The summed E-state index contributed by atoms with van der Waals surface area (Å²) in [6.07, 6.45) is 5.15. The molecule has 0 radical (unpaired) electrons. The molecule has 1 aromatic carbocycles. The quantitative estimate of drug-likeness (QED) is 0.724. The van der Waals surface area contributed by atoms with Gasteiger partial charge < -0.3 is 9.64 Å². The summed E-state index contributed by atoms with van der Waals surface area (Å²) >= 11 is 0. The summed E-state index contributed by atoms with van der Waals surface area (Å²) in [6, 6.07) is 9.66. The van der Waals surface area contributed by atoms with E-state index in [9.17, 15) is 0 Å². The SMILES string of the molecule is C=CCN(CC=C)c1cc(Oc2cccc(C)c2)ncn1. The maximum Gasteiger partial charge on any atom is 0.224 e. The van der Waals surface area contributed by atoms with E-state index >= 15 is 0 Å². The minimum atomic E-state index is 0.517. The Hall–Kier alpha value is -2.62. The highest BCUT2D eigenvalue weighted by Crippen LogP contribution is 2.22. The largest absolute Gasteiger partial charge is 0.439 e. The van der Waals surface area contributed by atoms with Gasteiger partial charge in [0.15, 0.2) is 0 Å². The van der Waals surface area contributed by atoms with E-state index in [1.807, 2.05) is 54.3 Å². The third kappa shape index (κ3) is 4.18. The Morgan fingerprint density at radius 3 is 2.57 bits per heavy atom. The average Bonchev–Trinajstić information content (AvgIpc) is 2.47. The van der Waals surface area contributed by atoms with Gasteiger partial charge in [0.25, 0.3) is 0 Å². The van der Waals surface area contributed by atoms with E-state index in [0.717, 1.165) is 17.1 Å². The molecule has 0 saturated heterocycles. The molecule has 0 N–H and O–H groups in total. The monoisotopic (exact) mass is 281 g/mol. The topological polar surface area (TPSA) is 38.2 Å². The van der Waals surface area contributed by atoms with Crippen molar-refractivity contribution < 1.29 is 4.74 Å². The molecule has 4 heteroatoms. The molecule has 1 heterocycles. The summed E-state index contributed by atoms with van der Waals surface area (Å²) in [5.74, 6) is 2.06. The molecule has 2 rings (SSSR count). The fraction of sp³-hybridized carbons (Fsp3) is 0.176. The minimum absolute atomic E-state index is 0.517. The Balaban J connectivity index is 2.20. The van der Waals surface area contributed by atoms with Crippen molar-refractivity contribution in [3.05, 3.63) is 67.5 Å². The first-order chi connectivity index (χ1) is 10.2. The van der Waals surface area contributed by atoms with Gasteiger partial charge >= 0.3 is 0 Å². The van der Waals surface area contributed by atoms with E-state index in [4.69, 9.17) is 4.74 Å². The standard InChI is InChI=1S/C17H19N3O/c1-4-9-20(10-5-2)16-12-17(19-13-18-16)21-15-8-6-7-14(3)11-15/h4-8,11-13H,1-2,9-10H2,3H3. The number of hydrogen-bond donors (Lipinski definition) is 0. The van der Waals surface area contributed by atoms with E-state index in [1.54, 1.807) is 0 Å². The molecule has 108 valence electrons. The number of nitrogens with zero attached hydrogens (tertiary/aromatic N) is 3. The summed E-state index contributed by atoms with van der Waals surface area (Å²) in [5, 5.41) is 0. The first-order valence-electron chi connectivity index (χ1n) is 6.76. The normalized spacial score (nSPS) is 9.95. The number of ether oxygens (including phenoxy) is 1. The molecule has 0 aliphatic carbocycles. The molecule has 0 spiro atoms. The lowest BCUT2D eigenvalue weighted by atomic mass is 10.2. The van der Waals surface area contributed by atoms with Crippen LogP contribution in [-0.4, -0.2) is 23.1 Å². The molecule has 0 bridgehead atoms. The van der Waals surface area contributed by atoms with Crippen molar-refractivity contribution in [3.8, 4) is 11.6 Å². The molecule has 2 aromatic rings. The predicted molar refractivity (Wildman–Crippen MR) is 85.9 cm³/mol. The summed E-state index contributed by atoms with van der Waals surface area (Å²) in [6.45, 7) is 10.9. The van der Waals surface area contributed by atoms with Gasteiger partial charge in [0.05, 0.1) is 0 Å². The molecule has 1 aromatic heterocycles. The Morgan fingerprint density at radius 1 is 1.14 bits per heavy atom. The molecule has 0 aliphatic heterocycles. The number of aromatic nitrogens is 2. The zero-order valence-corrected chi connectivity index (χ0v) is 12.2. The Labute approximate surface area is 125 Å². The van der Waals surface area contributed by atoms with Gasteiger partial charge in [-0.15, -0.1) is 13.2 Å². The van der Waals surface area contributed by atoms with Crippen LogP contribution in [0.4, 0.5) is 5.82 Å². The first-order valence-corrected chi connectivity index (χ1v) is 6.76. The molecule has 0 fully saturated rings. The van der Waals surface area contributed by atoms with Crippen molar-refractivity contribution in [2.24, 2.45) is 0 Å². The second-order valence-corrected chi connectivity index (χ2v) is 4.62. The zero-order valence-electron chi connectivity index (χ0n) is 12.2. The molecule has 0 unspecified atom stereocenters. The third-order valence-electron chi connectivity index (χ3n) is 2.86. The van der Waals surface area contributed by atoms with Gasteiger partial charge in [-0.1, -0.05) is 24.3 Å². The predicted octanol–water partition coefficient (Wildman–Crippen LogP) is 3.76. The van der Waals surface area contributed by atoms with E-state index < -0.39 is 0 Å². The Bertz CT molecular complexity index is 615. The van der Waals surface area contributed by atoms with Crippen LogP contribution >= 0.6 is 0 Å². The van der Waals surface area contributed by atoms with Crippen LogP contribution in [-0.2, 0) is 0 Å². The maximum absolute atomic E-state index is 5.78. The van der Waals surface area contributed by atoms with Gasteiger partial charge in [0.2, 0.25) is 5.88 Å². The van der Waals surface area contributed by atoms with E-state index in [2.05, 4.69) is 23.1 Å². The van der Waals surface area contributed by atoms with Crippen molar-refractivity contribution in [2.45, 2.75) is 6.92 Å². The van der Waals surface area contributed by atoms with Gasteiger partial charge in [0.1, 0.15) is 17.9 Å². The van der Waals surface area contributed by atoms with Crippen molar-refractivity contribution in [2.75, 3.05) is 18.0 Å². The smallest absolute Gasteiger partial charge is 0.224 e. The van der Waals surface area contributed by atoms with E-state index in [1.165, 1.54) is 6.33 Å². The highest BCUT2D eigenvalue weighted by molar-refractivity contribution is 5.43. The van der Waals surface area contributed by atoms with Crippen molar-refractivity contribution in [1.82, 2.24) is 9.97 Å². The fourth-order valence-corrected chi connectivity index (χ4v) is 1.93. The molecule has 21 heavy (non-hydrogen) atoms. The molecule has 0 amide bonds. The highest BCUT2D eigenvalue weighted by Gasteiger charge is 2.07. The second-order valence-electron chi connectivity index (χ2n) is 4.62. The van der Waals surface area contributed by atoms with Crippen molar-refractivity contribution >= 4 is 5.82 Å². The Morgan fingerprint density at radius 2 is 1.90 bits per heavy atom. The lowest BCUT2D eigenvalue weighted by Gasteiger charge is -2.20. The molecule has 0 aliphatic rings. The number of hydrogen-bond acceptors (Lipinski definition) is 4. The Kier molecular flexibility index (Phi) is 5.10. The molecular formula is C17H19N3O. The van der Waals surface area contributed by atoms with Crippen LogP contribution in [0, 0.1) is 6.92 Å². The zero-order chi connectivity index (χ0) is 15.1. The third-order valence-corrected chi connectivity index (χ3v) is 2.86. The lowest BCUT2D eigenvalue weighted by molar-refractivity contribution is 0.461. The molecule has 0 atom stereocenters. The van der Waals surface area contributed by atoms with Gasteiger partial charge in [0, 0.05) is 19.2 Å². The van der Waals surface area contributed by atoms with Crippen LogP contribution < -0.4 is 9.64 Å². The summed E-state index contributed by atoms with van der Waals surface area (Å²) in [7, 11) is 0. The van der Waals surface area contributed by atoms with Crippen LogP contribution in [0.1, 0.15) is 5.56 Å². The van der Waals surface area contributed by atoms with Crippen molar-refractivity contribution in [1.29, 1.82) is 0 Å². The number of anilines is 1. The van der Waals surface area contributed by atoms with Crippen LogP contribution in [0.25, 0.3) is 0 Å². The minimum Gasteiger partial charge on any atom is -0.439 e. The van der Waals surface area contributed by atoms with E-state index in [-0.39, 0.29) is 0 Å². The van der Waals surface area contributed by atoms with Crippen LogP contribution in [0.2, 0.25) is 0 Å². The second kappa shape index (κ2) is 7.24. The number of aryl methyl sites for hydroxylation is 1. The first kappa shape index (κ1) is 14.8. The van der Waals surface area contributed by atoms with Gasteiger partial charge in [-0.3, -0.25) is 0 Å². The summed E-state index contributed by atoms with van der Waals surface area (Å²) in [5.41, 5.74) is 1.14. The number of benzene rings is 1. The average molecular weight is 281 g/mol. The highest BCUT2D eigenvalue weighted by atomic mass is 16.5. The van der Waals surface area contributed by atoms with Crippen LogP contribution in [0.5, 0.6) is 11.6 Å². The maximum atomic E-state index is 5.78. The fourth-order valence-electron chi connectivity index (χ4n) is 1.93.